The highest BCUT2D eigenvalue weighted by Gasteiger charge is 2.04. The Labute approximate surface area is 98.3 Å². The maximum absolute atomic E-state index is 10.7. The number of benzene rings is 2. The maximum atomic E-state index is 10.7. The summed E-state index contributed by atoms with van der Waals surface area (Å²) >= 11 is 0. The lowest BCUT2D eigenvalue weighted by Crippen LogP contribution is -1.86. The summed E-state index contributed by atoms with van der Waals surface area (Å²) in [4.78, 5) is 21.4. The lowest BCUT2D eigenvalue weighted by molar-refractivity contribution is 0.111. The van der Waals surface area contributed by atoms with E-state index in [2.05, 4.69) is 0 Å². The molecular formula is C14H10O3. The van der Waals surface area contributed by atoms with Gasteiger partial charge in [-0.1, -0.05) is 24.3 Å². The van der Waals surface area contributed by atoms with Gasteiger partial charge in [0.1, 0.15) is 12.0 Å². The van der Waals surface area contributed by atoms with Gasteiger partial charge in [0.25, 0.3) is 0 Å². The Kier molecular flexibility index (Phi) is 3.01. The van der Waals surface area contributed by atoms with Crippen molar-refractivity contribution in [2.75, 3.05) is 0 Å². The molecular weight excluding hydrogens is 216 g/mol. The van der Waals surface area contributed by atoms with Crippen molar-refractivity contribution in [1.29, 1.82) is 0 Å². The van der Waals surface area contributed by atoms with Crippen LogP contribution < -0.4 is 0 Å². The van der Waals surface area contributed by atoms with Gasteiger partial charge in [0, 0.05) is 5.56 Å². The monoisotopic (exact) mass is 226 g/mol. The minimum Gasteiger partial charge on any atom is -0.507 e. The molecule has 0 atom stereocenters. The smallest absolute Gasteiger partial charge is 0.153 e. The number of carbonyl (C=O) groups excluding carboxylic acids is 2. The lowest BCUT2D eigenvalue weighted by Gasteiger charge is -2.04. The molecule has 0 saturated heterocycles. The van der Waals surface area contributed by atoms with Crippen LogP contribution in [-0.2, 0) is 0 Å². The summed E-state index contributed by atoms with van der Waals surface area (Å²) in [6, 6.07) is 11.8. The molecule has 0 aliphatic heterocycles. The van der Waals surface area contributed by atoms with Crippen molar-refractivity contribution in [1.82, 2.24) is 0 Å². The Bertz CT molecular complexity index is 573. The van der Waals surface area contributed by atoms with Crippen LogP contribution in [0.5, 0.6) is 5.75 Å². The normalized spacial score (nSPS) is 9.88. The van der Waals surface area contributed by atoms with E-state index in [0.717, 1.165) is 17.4 Å². The fourth-order valence-electron chi connectivity index (χ4n) is 1.62. The Morgan fingerprint density at radius 2 is 1.65 bits per heavy atom. The van der Waals surface area contributed by atoms with Crippen molar-refractivity contribution >= 4 is 12.6 Å². The van der Waals surface area contributed by atoms with Gasteiger partial charge in [-0.05, 0) is 29.3 Å². The highest BCUT2D eigenvalue weighted by Crippen LogP contribution is 2.25. The zero-order valence-corrected chi connectivity index (χ0v) is 8.96. The van der Waals surface area contributed by atoms with Crippen LogP contribution in [0.25, 0.3) is 11.1 Å². The van der Waals surface area contributed by atoms with E-state index in [-0.39, 0.29) is 11.3 Å². The first-order chi connectivity index (χ1) is 8.24. The Balaban J connectivity index is 2.52. The first-order valence-electron chi connectivity index (χ1n) is 5.08. The first-order valence-corrected chi connectivity index (χ1v) is 5.08. The summed E-state index contributed by atoms with van der Waals surface area (Å²) in [6.07, 6.45) is 1.37. The number of hydrogen-bond acceptors (Lipinski definition) is 3. The summed E-state index contributed by atoms with van der Waals surface area (Å²) in [5.74, 6) is -0.0460. The van der Waals surface area contributed by atoms with Gasteiger partial charge >= 0.3 is 0 Å². The van der Waals surface area contributed by atoms with Gasteiger partial charge in [0.05, 0.1) is 5.56 Å². The molecule has 0 aliphatic carbocycles. The van der Waals surface area contributed by atoms with E-state index in [1.165, 1.54) is 6.07 Å². The third kappa shape index (κ3) is 2.23. The van der Waals surface area contributed by atoms with Crippen molar-refractivity contribution in [2.45, 2.75) is 0 Å². The zero-order valence-electron chi connectivity index (χ0n) is 8.96. The second-order valence-corrected chi connectivity index (χ2v) is 3.63. The average molecular weight is 226 g/mol. The van der Waals surface area contributed by atoms with E-state index in [1.54, 1.807) is 30.3 Å². The minimum absolute atomic E-state index is 0.0460. The number of carbonyl (C=O) groups is 2. The highest BCUT2D eigenvalue weighted by atomic mass is 16.3. The van der Waals surface area contributed by atoms with Gasteiger partial charge in [0.2, 0.25) is 0 Å². The first kappa shape index (κ1) is 11.1. The molecule has 17 heavy (non-hydrogen) atoms. The Hall–Kier alpha value is -2.42. The SMILES string of the molecule is O=Cc1cccc(-c2ccc(O)c(C=O)c2)c1. The van der Waals surface area contributed by atoms with Crippen LogP contribution in [0.4, 0.5) is 0 Å². The molecule has 0 saturated carbocycles. The topological polar surface area (TPSA) is 54.4 Å². The van der Waals surface area contributed by atoms with Crippen molar-refractivity contribution in [3.8, 4) is 16.9 Å². The Morgan fingerprint density at radius 3 is 2.35 bits per heavy atom. The molecule has 84 valence electrons. The van der Waals surface area contributed by atoms with E-state index >= 15 is 0 Å². The number of phenolic OH excluding ortho intramolecular Hbond substituents is 1. The quantitative estimate of drug-likeness (QED) is 0.818. The molecule has 3 heteroatoms. The fourth-order valence-corrected chi connectivity index (χ4v) is 1.62. The van der Waals surface area contributed by atoms with E-state index in [0.29, 0.717) is 11.8 Å². The van der Waals surface area contributed by atoms with Crippen molar-refractivity contribution in [2.24, 2.45) is 0 Å². The van der Waals surface area contributed by atoms with Crippen molar-refractivity contribution < 1.29 is 14.7 Å². The summed E-state index contributed by atoms with van der Waals surface area (Å²) in [7, 11) is 0. The molecule has 3 nitrogen and oxygen atoms in total. The predicted octanol–water partition coefficient (Wildman–Crippen LogP) is 2.68. The van der Waals surface area contributed by atoms with Crippen molar-refractivity contribution in [3.63, 3.8) is 0 Å². The van der Waals surface area contributed by atoms with Gasteiger partial charge in [-0.25, -0.2) is 0 Å². The molecule has 0 aromatic heterocycles. The van der Waals surface area contributed by atoms with E-state index in [9.17, 15) is 14.7 Å². The molecule has 0 spiro atoms. The molecule has 0 aliphatic rings. The second kappa shape index (κ2) is 4.61. The van der Waals surface area contributed by atoms with E-state index < -0.39 is 0 Å². The predicted molar refractivity (Wildman–Crippen MR) is 64.3 cm³/mol. The van der Waals surface area contributed by atoms with Gasteiger partial charge < -0.3 is 5.11 Å². The summed E-state index contributed by atoms with van der Waals surface area (Å²) in [5.41, 5.74) is 2.42. The number of aldehydes is 2. The lowest BCUT2D eigenvalue weighted by atomic mass is 10.0. The third-order valence-electron chi connectivity index (χ3n) is 2.51. The Morgan fingerprint density at radius 1 is 0.882 bits per heavy atom. The third-order valence-corrected chi connectivity index (χ3v) is 2.51. The molecule has 0 fully saturated rings. The fraction of sp³-hybridized carbons (Fsp3) is 0. The summed E-state index contributed by atoms with van der Waals surface area (Å²) < 4.78 is 0. The molecule has 0 radical (unpaired) electrons. The number of rotatable bonds is 3. The number of aromatic hydroxyl groups is 1. The number of phenols is 1. The molecule has 0 bridgehead atoms. The van der Waals surface area contributed by atoms with Crippen LogP contribution in [0.3, 0.4) is 0 Å². The zero-order chi connectivity index (χ0) is 12.3. The average Bonchev–Trinajstić information content (AvgIpc) is 2.39. The largest absolute Gasteiger partial charge is 0.507 e. The highest BCUT2D eigenvalue weighted by molar-refractivity contribution is 5.84. The van der Waals surface area contributed by atoms with Crippen LogP contribution >= 0.6 is 0 Å². The minimum atomic E-state index is -0.0460. The molecule has 0 unspecified atom stereocenters. The van der Waals surface area contributed by atoms with Gasteiger partial charge in [-0.15, -0.1) is 0 Å². The molecule has 0 amide bonds. The van der Waals surface area contributed by atoms with E-state index in [1.807, 2.05) is 6.07 Å². The van der Waals surface area contributed by atoms with Crippen molar-refractivity contribution in [3.05, 3.63) is 53.6 Å². The van der Waals surface area contributed by atoms with Crippen LogP contribution in [0, 0.1) is 0 Å². The van der Waals surface area contributed by atoms with Gasteiger partial charge in [-0.3, -0.25) is 9.59 Å². The molecule has 2 rings (SSSR count). The van der Waals surface area contributed by atoms with Crippen LogP contribution in [0.2, 0.25) is 0 Å². The van der Waals surface area contributed by atoms with Crippen LogP contribution in [0.15, 0.2) is 42.5 Å². The van der Waals surface area contributed by atoms with Crippen LogP contribution in [0.1, 0.15) is 20.7 Å². The van der Waals surface area contributed by atoms with Crippen LogP contribution in [-0.4, -0.2) is 17.7 Å². The van der Waals surface area contributed by atoms with Gasteiger partial charge in [0.15, 0.2) is 6.29 Å². The molecule has 2 aromatic carbocycles. The standard InChI is InChI=1S/C14H10O3/c15-8-10-2-1-3-11(6-10)12-4-5-14(17)13(7-12)9-16/h1-9,17H. The molecule has 0 heterocycles. The molecule has 2 aromatic rings. The van der Waals surface area contributed by atoms with E-state index in [4.69, 9.17) is 0 Å². The maximum Gasteiger partial charge on any atom is 0.153 e. The molecule has 1 N–H and O–H groups in total. The second-order valence-electron chi connectivity index (χ2n) is 3.63. The number of hydrogen-bond donors (Lipinski definition) is 1. The summed E-state index contributed by atoms with van der Waals surface area (Å²) in [5, 5.41) is 9.40. The van der Waals surface area contributed by atoms with Gasteiger partial charge in [-0.2, -0.15) is 0 Å². The summed E-state index contributed by atoms with van der Waals surface area (Å²) in [6.45, 7) is 0.